The number of hydrogen-bond donors (Lipinski definition) is 1. The van der Waals surface area contributed by atoms with Crippen LogP contribution in [-0.4, -0.2) is 46.8 Å². The van der Waals surface area contributed by atoms with Gasteiger partial charge in [-0.3, -0.25) is 14.5 Å². The lowest BCUT2D eigenvalue weighted by molar-refractivity contribution is -0.143. The van der Waals surface area contributed by atoms with Gasteiger partial charge in [0, 0.05) is 31.6 Å². The molecule has 27 heavy (non-hydrogen) atoms. The van der Waals surface area contributed by atoms with Crippen LogP contribution in [0.3, 0.4) is 0 Å². The van der Waals surface area contributed by atoms with Gasteiger partial charge in [0.1, 0.15) is 0 Å². The second kappa shape index (κ2) is 7.18. The highest BCUT2D eigenvalue weighted by Gasteiger charge is 2.45. The number of fused-ring (bicyclic) bond motifs is 2. The third kappa shape index (κ3) is 3.24. The first kappa shape index (κ1) is 17.8. The molecule has 0 bridgehead atoms. The summed E-state index contributed by atoms with van der Waals surface area (Å²) in [6, 6.07) is 7.64. The van der Waals surface area contributed by atoms with Gasteiger partial charge in [0.05, 0.1) is 5.92 Å². The molecule has 3 aliphatic rings. The lowest BCUT2D eigenvalue weighted by Gasteiger charge is -2.43. The summed E-state index contributed by atoms with van der Waals surface area (Å²) in [7, 11) is 0. The van der Waals surface area contributed by atoms with E-state index in [-0.39, 0.29) is 42.3 Å². The minimum atomic E-state index is -0.374. The van der Waals surface area contributed by atoms with Crippen LogP contribution in [-0.2, 0) is 22.6 Å². The van der Waals surface area contributed by atoms with Crippen LogP contribution in [0.1, 0.15) is 30.4 Å². The number of carbonyl (C=O) groups excluding carboxylic acids is 3. The summed E-state index contributed by atoms with van der Waals surface area (Å²) in [4.78, 5) is 41.0. The molecule has 6 heteroatoms. The largest absolute Gasteiger partial charge is 0.338 e. The summed E-state index contributed by atoms with van der Waals surface area (Å²) >= 11 is 0. The standard InChI is InChI=1S/C21H25N3O3/c1-2-10-24-20(26)17-8-7-15(12-18(17)22-21(24)27)19(25)23-11-9-14-5-3-4-6-16(14)13-23/h2-6,15,17-18H,1,7-13H2,(H,22,27). The fourth-order valence-electron chi connectivity index (χ4n) is 4.63. The minimum Gasteiger partial charge on any atom is -0.338 e. The van der Waals surface area contributed by atoms with Crippen molar-refractivity contribution in [2.45, 2.75) is 38.3 Å². The zero-order chi connectivity index (χ0) is 19.0. The zero-order valence-corrected chi connectivity index (χ0v) is 15.4. The third-order valence-corrected chi connectivity index (χ3v) is 6.09. The van der Waals surface area contributed by atoms with Crippen LogP contribution in [0.2, 0.25) is 0 Å². The Bertz CT molecular complexity index is 791. The third-order valence-electron chi connectivity index (χ3n) is 6.09. The summed E-state index contributed by atoms with van der Waals surface area (Å²) in [5, 5.41) is 2.93. The fraction of sp³-hybridized carbons (Fsp3) is 0.476. The topological polar surface area (TPSA) is 69.7 Å². The first-order valence-corrected chi connectivity index (χ1v) is 9.67. The van der Waals surface area contributed by atoms with E-state index < -0.39 is 0 Å². The van der Waals surface area contributed by atoms with E-state index in [9.17, 15) is 14.4 Å². The highest BCUT2D eigenvalue weighted by atomic mass is 16.2. The normalized spacial score (nSPS) is 27.5. The van der Waals surface area contributed by atoms with E-state index in [1.807, 2.05) is 17.0 Å². The van der Waals surface area contributed by atoms with Crippen molar-refractivity contribution < 1.29 is 14.4 Å². The molecule has 3 unspecified atom stereocenters. The fourth-order valence-corrected chi connectivity index (χ4v) is 4.63. The lowest BCUT2D eigenvalue weighted by Crippen LogP contribution is -2.62. The highest BCUT2D eigenvalue weighted by molar-refractivity contribution is 5.99. The van der Waals surface area contributed by atoms with Crippen molar-refractivity contribution >= 4 is 17.8 Å². The van der Waals surface area contributed by atoms with Crippen LogP contribution in [0.25, 0.3) is 0 Å². The molecule has 1 saturated heterocycles. The Morgan fingerprint density at radius 3 is 2.78 bits per heavy atom. The van der Waals surface area contributed by atoms with E-state index in [2.05, 4.69) is 24.0 Å². The van der Waals surface area contributed by atoms with Crippen LogP contribution in [0.5, 0.6) is 0 Å². The number of nitrogens with one attached hydrogen (secondary N) is 1. The second-order valence-corrected chi connectivity index (χ2v) is 7.69. The predicted molar refractivity (Wildman–Crippen MR) is 101 cm³/mol. The van der Waals surface area contributed by atoms with Crippen LogP contribution >= 0.6 is 0 Å². The van der Waals surface area contributed by atoms with Gasteiger partial charge in [0.15, 0.2) is 0 Å². The molecule has 2 aliphatic heterocycles. The Morgan fingerprint density at radius 2 is 2.00 bits per heavy atom. The zero-order valence-electron chi connectivity index (χ0n) is 15.4. The summed E-state index contributed by atoms with van der Waals surface area (Å²) in [5.41, 5.74) is 2.53. The average molecular weight is 367 g/mol. The maximum atomic E-state index is 13.1. The molecule has 6 nitrogen and oxygen atoms in total. The number of amides is 4. The first-order chi connectivity index (χ1) is 13.1. The number of rotatable bonds is 3. The molecule has 1 aliphatic carbocycles. The minimum absolute atomic E-state index is 0.129. The van der Waals surface area contributed by atoms with Gasteiger partial charge in [-0.2, -0.15) is 0 Å². The molecular weight excluding hydrogens is 342 g/mol. The van der Waals surface area contributed by atoms with Crippen molar-refractivity contribution in [3.8, 4) is 0 Å². The molecule has 1 aromatic rings. The highest BCUT2D eigenvalue weighted by Crippen LogP contribution is 2.34. The Hall–Kier alpha value is -2.63. The van der Waals surface area contributed by atoms with E-state index in [4.69, 9.17) is 0 Å². The van der Waals surface area contributed by atoms with E-state index in [1.54, 1.807) is 6.08 Å². The summed E-state index contributed by atoms with van der Waals surface area (Å²) in [6.45, 7) is 5.22. The van der Waals surface area contributed by atoms with Gasteiger partial charge >= 0.3 is 6.03 Å². The molecule has 0 radical (unpaired) electrons. The molecule has 4 amide bonds. The Morgan fingerprint density at radius 1 is 1.22 bits per heavy atom. The van der Waals surface area contributed by atoms with E-state index in [0.717, 1.165) is 13.0 Å². The molecule has 142 valence electrons. The molecule has 0 aromatic heterocycles. The van der Waals surface area contributed by atoms with Crippen LogP contribution < -0.4 is 5.32 Å². The molecule has 2 fully saturated rings. The molecule has 1 saturated carbocycles. The van der Waals surface area contributed by atoms with Crippen LogP contribution in [0.4, 0.5) is 4.79 Å². The molecular formula is C21H25N3O3. The molecule has 3 atom stereocenters. The summed E-state index contributed by atoms with van der Waals surface area (Å²) in [6.07, 6.45) is 4.31. The van der Waals surface area contributed by atoms with Gasteiger partial charge in [0.25, 0.3) is 0 Å². The number of benzene rings is 1. The van der Waals surface area contributed by atoms with Crippen molar-refractivity contribution in [2.24, 2.45) is 11.8 Å². The van der Waals surface area contributed by atoms with E-state index in [0.29, 0.717) is 25.8 Å². The van der Waals surface area contributed by atoms with Gasteiger partial charge in [-0.05, 0) is 36.8 Å². The van der Waals surface area contributed by atoms with Crippen molar-refractivity contribution in [2.75, 3.05) is 13.1 Å². The Balaban J connectivity index is 1.43. The molecule has 1 aromatic carbocycles. The smallest absolute Gasteiger partial charge is 0.324 e. The van der Waals surface area contributed by atoms with E-state index >= 15 is 0 Å². The second-order valence-electron chi connectivity index (χ2n) is 7.69. The number of imide groups is 1. The number of urea groups is 1. The van der Waals surface area contributed by atoms with Crippen LogP contribution in [0.15, 0.2) is 36.9 Å². The Labute approximate surface area is 159 Å². The summed E-state index contributed by atoms with van der Waals surface area (Å²) < 4.78 is 0. The quantitative estimate of drug-likeness (QED) is 0.832. The SMILES string of the molecule is C=CCN1C(=O)NC2CC(C(=O)N3CCc4ccccc4C3)CCC2C1=O. The lowest BCUT2D eigenvalue weighted by atomic mass is 9.76. The summed E-state index contributed by atoms with van der Waals surface area (Å²) in [5.74, 6) is -0.344. The Kier molecular flexibility index (Phi) is 4.72. The van der Waals surface area contributed by atoms with Crippen molar-refractivity contribution in [3.63, 3.8) is 0 Å². The van der Waals surface area contributed by atoms with Gasteiger partial charge in [-0.15, -0.1) is 6.58 Å². The number of nitrogens with zero attached hydrogens (tertiary/aromatic N) is 2. The number of hydrogen-bond acceptors (Lipinski definition) is 3. The van der Waals surface area contributed by atoms with Crippen LogP contribution in [0, 0.1) is 11.8 Å². The van der Waals surface area contributed by atoms with Gasteiger partial charge < -0.3 is 10.2 Å². The van der Waals surface area contributed by atoms with Gasteiger partial charge in [-0.1, -0.05) is 30.3 Å². The predicted octanol–water partition coefficient (Wildman–Crippen LogP) is 2.09. The van der Waals surface area contributed by atoms with E-state index in [1.165, 1.54) is 16.0 Å². The van der Waals surface area contributed by atoms with Gasteiger partial charge in [-0.25, -0.2) is 4.79 Å². The maximum absolute atomic E-state index is 13.1. The molecule has 0 spiro atoms. The van der Waals surface area contributed by atoms with Gasteiger partial charge in [0.2, 0.25) is 11.8 Å². The maximum Gasteiger partial charge on any atom is 0.324 e. The molecule has 4 rings (SSSR count). The molecule has 2 heterocycles. The van der Waals surface area contributed by atoms with Crippen molar-refractivity contribution in [3.05, 3.63) is 48.0 Å². The van der Waals surface area contributed by atoms with Crippen molar-refractivity contribution in [1.82, 2.24) is 15.1 Å². The average Bonchev–Trinajstić information content (AvgIpc) is 2.69. The number of carbonyl (C=O) groups is 3. The molecule has 1 N–H and O–H groups in total. The first-order valence-electron chi connectivity index (χ1n) is 9.67. The monoisotopic (exact) mass is 367 g/mol. The van der Waals surface area contributed by atoms with Crippen molar-refractivity contribution in [1.29, 1.82) is 0 Å².